The molecule has 198 valence electrons. The summed E-state index contributed by atoms with van der Waals surface area (Å²) in [5, 5.41) is 11.0. The van der Waals surface area contributed by atoms with Crippen molar-refractivity contribution in [3.05, 3.63) is 108 Å². The minimum atomic E-state index is -3.63. The van der Waals surface area contributed by atoms with Gasteiger partial charge in [0.25, 0.3) is 0 Å². The molecule has 0 saturated carbocycles. The highest BCUT2D eigenvalue weighted by Gasteiger charge is 2.49. The molecule has 0 aromatic heterocycles. The summed E-state index contributed by atoms with van der Waals surface area (Å²) < 4.78 is 38.1. The van der Waals surface area contributed by atoms with Gasteiger partial charge >= 0.3 is 7.60 Å². The number of benzene rings is 3. The van der Waals surface area contributed by atoms with Gasteiger partial charge in [0.15, 0.2) is 5.85 Å². The lowest BCUT2D eigenvalue weighted by Crippen LogP contribution is -2.38. The molecule has 4 rings (SSSR count). The highest BCUT2D eigenvalue weighted by atomic mass is 31.2. The van der Waals surface area contributed by atoms with Crippen molar-refractivity contribution in [1.29, 1.82) is 0 Å². The summed E-state index contributed by atoms with van der Waals surface area (Å²) in [6, 6.07) is 30.1. The zero-order valence-corrected chi connectivity index (χ0v) is 22.8. The Hall–Kier alpha value is -2.31. The van der Waals surface area contributed by atoms with Crippen LogP contribution < -0.4 is 0 Å². The maximum absolute atomic E-state index is 13.7. The standard InChI is InChI=1S/C30H37O6P/c1-22(2)35-37(32,36-23(3)4)29-20-27(31)28(34-29)21-33-30(24-14-8-5-9-15-24,25-16-10-6-11-17-25)26-18-12-7-13-19-26/h5-19,22-23,27-29,31H,20-21H2,1-4H3/t27-,28-,29?/m1/s1. The number of rotatable bonds is 11. The molecule has 1 aliphatic heterocycles. The normalized spacial score (nSPS) is 20.6. The summed E-state index contributed by atoms with van der Waals surface area (Å²) in [6.07, 6.45) is -2.09. The van der Waals surface area contributed by atoms with Gasteiger partial charge < -0.3 is 23.6 Å². The van der Waals surface area contributed by atoms with Gasteiger partial charge in [0, 0.05) is 6.42 Å². The average Bonchev–Trinajstić information content (AvgIpc) is 3.27. The van der Waals surface area contributed by atoms with E-state index in [4.69, 9.17) is 18.5 Å². The molecule has 0 radical (unpaired) electrons. The molecule has 7 heteroatoms. The maximum Gasteiger partial charge on any atom is 0.359 e. The molecular formula is C30H37O6P. The van der Waals surface area contributed by atoms with Gasteiger partial charge in [0.2, 0.25) is 0 Å². The largest absolute Gasteiger partial charge is 0.390 e. The molecule has 0 aliphatic carbocycles. The fourth-order valence-corrected chi connectivity index (χ4v) is 7.06. The second kappa shape index (κ2) is 12.0. The fraction of sp³-hybridized carbons (Fsp3) is 0.400. The molecule has 0 amide bonds. The maximum atomic E-state index is 13.7. The van der Waals surface area contributed by atoms with Gasteiger partial charge in [-0.25, -0.2) is 0 Å². The second-order valence-corrected chi connectivity index (χ2v) is 11.9. The molecule has 1 fully saturated rings. The molecule has 1 N–H and O–H groups in total. The van der Waals surface area contributed by atoms with E-state index in [-0.39, 0.29) is 25.2 Å². The first-order chi connectivity index (χ1) is 17.7. The number of ether oxygens (including phenoxy) is 2. The lowest BCUT2D eigenvalue weighted by atomic mass is 9.80. The van der Waals surface area contributed by atoms with Crippen molar-refractivity contribution in [2.75, 3.05) is 6.61 Å². The Morgan fingerprint density at radius 2 is 1.22 bits per heavy atom. The van der Waals surface area contributed by atoms with E-state index in [9.17, 15) is 9.67 Å². The average molecular weight is 525 g/mol. The van der Waals surface area contributed by atoms with E-state index in [2.05, 4.69) is 0 Å². The van der Waals surface area contributed by atoms with Crippen LogP contribution in [0.2, 0.25) is 0 Å². The van der Waals surface area contributed by atoms with Crippen molar-refractivity contribution < 1.29 is 28.2 Å². The summed E-state index contributed by atoms with van der Waals surface area (Å²) in [5.74, 6) is -0.875. The zero-order valence-electron chi connectivity index (χ0n) is 21.9. The van der Waals surface area contributed by atoms with Crippen molar-refractivity contribution in [1.82, 2.24) is 0 Å². The highest BCUT2D eigenvalue weighted by molar-refractivity contribution is 7.54. The van der Waals surface area contributed by atoms with Crippen molar-refractivity contribution in [2.24, 2.45) is 0 Å². The minimum Gasteiger partial charge on any atom is -0.390 e. The quantitative estimate of drug-likeness (QED) is 0.228. The molecule has 3 atom stereocenters. The van der Waals surface area contributed by atoms with E-state index in [0.717, 1.165) is 16.7 Å². The Kier molecular flexibility index (Phi) is 9.02. The molecule has 6 nitrogen and oxygen atoms in total. The van der Waals surface area contributed by atoms with E-state index in [1.54, 1.807) is 27.7 Å². The Labute approximate surface area is 220 Å². The Bertz CT molecular complexity index is 1040. The van der Waals surface area contributed by atoms with Gasteiger partial charge in [-0.15, -0.1) is 0 Å². The molecule has 3 aromatic rings. The molecule has 1 heterocycles. The Morgan fingerprint density at radius 1 is 0.811 bits per heavy atom. The third-order valence-electron chi connectivity index (χ3n) is 6.28. The molecule has 1 aliphatic rings. The summed E-state index contributed by atoms with van der Waals surface area (Å²) in [4.78, 5) is 0. The first-order valence-corrected chi connectivity index (χ1v) is 14.5. The van der Waals surface area contributed by atoms with Crippen molar-refractivity contribution >= 4 is 7.60 Å². The summed E-state index contributed by atoms with van der Waals surface area (Å²) >= 11 is 0. The van der Waals surface area contributed by atoms with Crippen LogP contribution in [0, 0.1) is 0 Å². The van der Waals surface area contributed by atoms with Gasteiger partial charge in [0.1, 0.15) is 11.7 Å². The summed E-state index contributed by atoms with van der Waals surface area (Å²) in [6.45, 7) is 7.28. The molecule has 3 aromatic carbocycles. The number of aliphatic hydroxyl groups excluding tert-OH is 1. The fourth-order valence-electron chi connectivity index (χ4n) is 4.78. The molecular weight excluding hydrogens is 487 g/mol. The minimum absolute atomic E-state index is 0.0692. The van der Waals surface area contributed by atoms with Gasteiger partial charge in [0.05, 0.1) is 24.9 Å². The van der Waals surface area contributed by atoms with Crippen LogP contribution in [0.4, 0.5) is 0 Å². The van der Waals surface area contributed by atoms with Crippen molar-refractivity contribution in [3.63, 3.8) is 0 Å². The van der Waals surface area contributed by atoms with E-state index in [0.29, 0.717) is 0 Å². The molecule has 1 unspecified atom stereocenters. The smallest absolute Gasteiger partial charge is 0.359 e. The predicted molar refractivity (Wildman–Crippen MR) is 144 cm³/mol. The van der Waals surface area contributed by atoms with Crippen molar-refractivity contribution in [3.8, 4) is 0 Å². The molecule has 0 bridgehead atoms. The number of hydrogen-bond acceptors (Lipinski definition) is 6. The van der Waals surface area contributed by atoms with Gasteiger partial charge in [-0.05, 0) is 44.4 Å². The van der Waals surface area contributed by atoms with Crippen LogP contribution in [0.5, 0.6) is 0 Å². The van der Waals surface area contributed by atoms with Gasteiger partial charge in [-0.3, -0.25) is 4.57 Å². The Morgan fingerprint density at radius 3 is 1.59 bits per heavy atom. The van der Waals surface area contributed by atoms with Crippen LogP contribution in [-0.4, -0.2) is 42.0 Å². The van der Waals surface area contributed by atoms with Gasteiger partial charge in [-0.2, -0.15) is 0 Å². The second-order valence-electron chi connectivity index (χ2n) is 9.87. The number of aliphatic hydroxyl groups is 1. The first-order valence-electron chi connectivity index (χ1n) is 12.8. The molecule has 37 heavy (non-hydrogen) atoms. The topological polar surface area (TPSA) is 74.2 Å². The van der Waals surface area contributed by atoms with Crippen LogP contribution >= 0.6 is 7.60 Å². The third-order valence-corrected chi connectivity index (χ3v) is 8.75. The van der Waals surface area contributed by atoms with Gasteiger partial charge in [-0.1, -0.05) is 91.0 Å². The van der Waals surface area contributed by atoms with Crippen LogP contribution in [0.3, 0.4) is 0 Å². The van der Waals surface area contributed by atoms with Crippen LogP contribution in [0.25, 0.3) is 0 Å². The van der Waals surface area contributed by atoms with Crippen LogP contribution in [-0.2, 0) is 28.7 Å². The highest BCUT2D eigenvalue weighted by Crippen LogP contribution is 2.59. The van der Waals surface area contributed by atoms with Crippen LogP contribution in [0.1, 0.15) is 50.8 Å². The third kappa shape index (κ3) is 6.23. The van der Waals surface area contributed by atoms with E-state index >= 15 is 0 Å². The SMILES string of the molecule is CC(C)OP(=O)(OC(C)C)C1C[C@@H](O)[C@@H](COC(c2ccccc2)(c2ccccc2)c2ccccc2)O1. The monoisotopic (exact) mass is 524 g/mol. The van der Waals surface area contributed by atoms with Crippen molar-refractivity contribution in [2.45, 2.75) is 70.0 Å². The lowest BCUT2D eigenvalue weighted by Gasteiger charge is -2.37. The summed E-state index contributed by atoms with van der Waals surface area (Å²) in [5.41, 5.74) is 1.91. The number of hydrogen-bond donors (Lipinski definition) is 1. The molecule has 1 saturated heterocycles. The predicted octanol–water partition coefficient (Wildman–Crippen LogP) is 6.51. The van der Waals surface area contributed by atoms with E-state index < -0.39 is 31.2 Å². The van der Waals surface area contributed by atoms with E-state index in [1.807, 2.05) is 91.0 Å². The zero-order chi connectivity index (χ0) is 26.5. The first kappa shape index (κ1) is 27.7. The molecule has 0 spiro atoms. The Balaban J connectivity index is 1.67. The summed E-state index contributed by atoms with van der Waals surface area (Å²) in [7, 11) is -3.63. The van der Waals surface area contributed by atoms with E-state index in [1.165, 1.54) is 0 Å². The van der Waals surface area contributed by atoms with Crippen LogP contribution in [0.15, 0.2) is 91.0 Å². The lowest BCUT2D eigenvalue weighted by molar-refractivity contribution is -0.0769.